The van der Waals surface area contributed by atoms with E-state index in [2.05, 4.69) is 15.5 Å². The van der Waals surface area contributed by atoms with E-state index in [1.807, 2.05) is 0 Å². The summed E-state index contributed by atoms with van der Waals surface area (Å²) >= 11 is 0. The molecule has 8 heteroatoms. The van der Waals surface area contributed by atoms with E-state index in [4.69, 9.17) is 10.3 Å². The molecule has 0 bridgehead atoms. The molecule has 0 aliphatic carbocycles. The molecule has 0 spiro atoms. The number of hydrogen-bond acceptors (Lipinski definition) is 5. The molecule has 126 valence electrons. The molecule has 3 N–H and O–H groups in total. The number of rotatable bonds is 5. The lowest BCUT2D eigenvalue weighted by Crippen LogP contribution is -2.18. The monoisotopic (exact) mass is 340 g/mol. The van der Waals surface area contributed by atoms with Gasteiger partial charge in [0.05, 0.1) is 6.42 Å². The molecule has 0 aliphatic heterocycles. The highest BCUT2D eigenvalue weighted by atomic mass is 19.1. The van der Waals surface area contributed by atoms with E-state index in [9.17, 15) is 14.0 Å². The molecule has 0 saturated heterocycles. The minimum atomic E-state index is -0.787. The number of amides is 2. The summed E-state index contributed by atoms with van der Waals surface area (Å²) in [4.78, 5) is 27.8. The van der Waals surface area contributed by atoms with Crippen LogP contribution in [0.15, 0.2) is 53.3 Å². The molecule has 0 radical (unpaired) electrons. The fourth-order valence-corrected chi connectivity index (χ4v) is 2.27. The molecule has 7 nitrogen and oxygen atoms in total. The van der Waals surface area contributed by atoms with Crippen molar-refractivity contribution in [1.82, 2.24) is 10.1 Å². The number of nitrogens with zero attached hydrogens (tertiary/aromatic N) is 2. The van der Waals surface area contributed by atoms with Crippen molar-refractivity contribution in [2.24, 2.45) is 5.73 Å². The zero-order valence-electron chi connectivity index (χ0n) is 12.9. The molecule has 0 aliphatic rings. The number of carbonyl (C=O) groups is 2. The van der Waals surface area contributed by atoms with E-state index in [0.29, 0.717) is 11.1 Å². The van der Waals surface area contributed by atoms with E-state index in [-0.39, 0.29) is 23.6 Å². The number of pyridine rings is 1. The second-order valence-electron chi connectivity index (χ2n) is 5.19. The number of aromatic nitrogens is 2. The third kappa shape index (κ3) is 3.69. The molecule has 0 fully saturated rings. The first-order chi connectivity index (χ1) is 12.0. The lowest BCUT2D eigenvalue weighted by molar-refractivity contribution is -0.115. The maximum Gasteiger partial charge on any atom is 0.256 e. The van der Waals surface area contributed by atoms with Crippen molar-refractivity contribution in [3.63, 3.8) is 0 Å². The van der Waals surface area contributed by atoms with Gasteiger partial charge in [0.25, 0.3) is 5.91 Å². The predicted octanol–water partition coefficient (Wildman–Crippen LogP) is 2.16. The number of primary amides is 1. The fourth-order valence-electron chi connectivity index (χ4n) is 2.27. The van der Waals surface area contributed by atoms with Crippen LogP contribution < -0.4 is 11.1 Å². The molecule has 0 saturated carbocycles. The van der Waals surface area contributed by atoms with Crippen LogP contribution in [0, 0.1) is 5.82 Å². The predicted molar refractivity (Wildman–Crippen MR) is 87.0 cm³/mol. The normalized spacial score (nSPS) is 10.4. The van der Waals surface area contributed by atoms with E-state index in [1.165, 1.54) is 36.7 Å². The molecular weight excluding hydrogens is 327 g/mol. The van der Waals surface area contributed by atoms with Crippen LogP contribution in [0.1, 0.15) is 15.9 Å². The Morgan fingerprint density at radius 1 is 1.12 bits per heavy atom. The molecule has 2 aromatic heterocycles. The van der Waals surface area contributed by atoms with Crippen LogP contribution >= 0.6 is 0 Å². The molecule has 1 aromatic carbocycles. The Kier molecular flexibility index (Phi) is 4.51. The van der Waals surface area contributed by atoms with Gasteiger partial charge in [-0.2, -0.15) is 0 Å². The van der Waals surface area contributed by atoms with Crippen LogP contribution in [0.2, 0.25) is 0 Å². The number of nitrogens with one attached hydrogen (secondary N) is 1. The molecule has 25 heavy (non-hydrogen) atoms. The maximum atomic E-state index is 12.9. The quantitative estimate of drug-likeness (QED) is 0.739. The summed E-state index contributed by atoms with van der Waals surface area (Å²) in [5.41, 5.74) is 6.76. The van der Waals surface area contributed by atoms with Crippen LogP contribution in [0.3, 0.4) is 0 Å². The van der Waals surface area contributed by atoms with Gasteiger partial charge in [-0.05, 0) is 29.8 Å². The van der Waals surface area contributed by atoms with Crippen LogP contribution in [-0.2, 0) is 11.2 Å². The third-order valence-electron chi connectivity index (χ3n) is 3.42. The van der Waals surface area contributed by atoms with Gasteiger partial charge in [-0.15, -0.1) is 0 Å². The van der Waals surface area contributed by atoms with Gasteiger partial charge in [-0.25, -0.2) is 4.39 Å². The number of benzene rings is 1. The van der Waals surface area contributed by atoms with Crippen LogP contribution in [0.4, 0.5) is 10.3 Å². The van der Waals surface area contributed by atoms with Gasteiger partial charge in [0.1, 0.15) is 17.1 Å². The number of carbonyl (C=O) groups excluding carboxylic acids is 2. The second kappa shape index (κ2) is 6.91. The highest BCUT2D eigenvalue weighted by Crippen LogP contribution is 2.28. The Labute approximate surface area is 141 Å². The first-order valence-electron chi connectivity index (χ1n) is 7.29. The maximum absolute atomic E-state index is 12.9. The first kappa shape index (κ1) is 16.3. The zero-order chi connectivity index (χ0) is 17.8. The summed E-state index contributed by atoms with van der Waals surface area (Å²) in [7, 11) is 0. The van der Waals surface area contributed by atoms with Crippen molar-refractivity contribution in [2.75, 3.05) is 5.32 Å². The summed E-state index contributed by atoms with van der Waals surface area (Å²) in [6.45, 7) is 0. The zero-order valence-corrected chi connectivity index (χ0v) is 12.9. The number of anilines is 1. The van der Waals surface area contributed by atoms with Gasteiger partial charge in [0, 0.05) is 18.0 Å². The highest BCUT2D eigenvalue weighted by Gasteiger charge is 2.23. The SMILES string of the molecule is NC(=O)c1c(-c2ccncc2)noc1NC(=O)Cc1ccc(F)cc1. The number of halogens is 1. The fraction of sp³-hybridized carbons (Fsp3) is 0.0588. The van der Waals surface area contributed by atoms with Crippen molar-refractivity contribution in [3.05, 3.63) is 65.7 Å². The average molecular weight is 340 g/mol. The highest BCUT2D eigenvalue weighted by molar-refractivity contribution is 6.06. The van der Waals surface area contributed by atoms with Crippen LogP contribution in [-0.4, -0.2) is 22.0 Å². The number of nitrogens with two attached hydrogens (primary N) is 1. The topological polar surface area (TPSA) is 111 Å². The van der Waals surface area contributed by atoms with Gasteiger partial charge in [-0.1, -0.05) is 17.3 Å². The minimum absolute atomic E-state index is 0.0240. The summed E-state index contributed by atoms with van der Waals surface area (Å²) in [5.74, 6) is -1.76. The summed E-state index contributed by atoms with van der Waals surface area (Å²) in [6.07, 6.45) is 3.03. The average Bonchev–Trinajstić information content (AvgIpc) is 3.01. The summed E-state index contributed by atoms with van der Waals surface area (Å²) in [6, 6.07) is 8.77. The Morgan fingerprint density at radius 3 is 2.44 bits per heavy atom. The third-order valence-corrected chi connectivity index (χ3v) is 3.42. The van der Waals surface area contributed by atoms with Crippen LogP contribution in [0.25, 0.3) is 11.3 Å². The van der Waals surface area contributed by atoms with Crippen molar-refractivity contribution >= 4 is 17.7 Å². The Morgan fingerprint density at radius 2 is 1.80 bits per heavy atom. The van der Waals surface area contributed by atoms with E-state index in [1.54, 1.807) is 12.1 Å². The van der Waals surface area contributed by atoms with E-state index in [0.717, 1.165) is 0 Å². The van der Waals surface area contributed by atoms with Gasteiger partial charge in [-0.3, -0.25) is 19.9 Å². The van der Waals surface area contributed by atoms with Crippen molar-refractivity contribution in [1.29, 1.82) is 0 Å². The lowest BCUT2D eigenvalue weighted by Gasteiger charge is -2.04. The van der Waals surface area contributed by atoms with E-state index >= 15 is 0 Å². The molecule has 3 rings (SSSR count). The molecule has 2 amide bonds. The molecule has 0 atom stereocenters. The molecule has 3 aromatic rings. The lowest BCUT2D eigenvalue weighted by atomic mass is 10.1. The van der Waals surface area contributed by atoms with Gasteiger partial charge in [0.15, 0.2) is 0 Å². The van der Waals surface area contributed by atoms with Crippen molar-refractivity contribution < 1.29 is 18.5 Å². The van der Waals surface area contributed by atoms with E-state index < -0.39 is 17.6 Å². The summed E-state index contributed by atoms with van der Waals surface area (Å²) in [5, 5.41) is 6.28. The Bertz CT molecular complexity index is 907. The largest absolute Gasteiger partial charge is 0.365 e. The van der Waals surface area contributed by atoms with Gasteiger partial charge < -0.3 is 10.3 Å². The smallest absolute Gasteiger partial charge is 0.256 e. The van der Waals surface area contributed by atoms with Crippen molar-refractivity contribution in [2.45, 2.75) is 6.42 Å². The molecule has 0 unspecified atom stereocenters. The standard InChI is InChI=1S/C17H13FN4O3/c18-12-3-1-10(2-4-12)9-13(23)21-17-14(16(19)24)15(22-25-17)11-5-7-20-8-6-11/h1-8H,9H2,(H2,19,24)(H,21,23). The molecule has 2 heterocycles. The first-order valence-corrected chi connectivity index (χ1v) is 7.29. The Balaban J connectivity index is 1.83. The molecular formula is C17H13FN4O3. The minimum Gasteiger partial charge on any atom is -0.365 e. The number of hydrogen-bond donors (Lipinski definition) is 2. The van der Waals surface area contributed by atoms with Gasteiger partial charge >= 0.3 is 0 Å². The Hall–Kier alpha value is -3.55. The van der Waals surface area contributed by atoms with Crippen LogP contribution in [0.5, 0.6) is 0 Å². The van der Waals surface area contributed by atoms with Crippen molar-refractivity contribution in [3.8, 4) is 11.3 Å². The summed E-state index contributed by atoms with van der Waals surface area (Å²) < 4.78 is 18.0. The second-order valence-corrected chi connectivity index (χ2v) is 5.19. The van der Waals surface area contributed by atoms with Gasteiger partial charge in [0.2, 0.25) is 11.8 Å².